The molecule has 0 aliphatic rings. The minimum Gasteiger partial charge on any atom is -0.383 e. The summed E-state index contributed by atoms with van der Waals surface area (Å²) in [6, 6.07) is 12.8. The lowest BCUT2D eigenvalue weighted by atomic mass is 10.2. The summed E-state index contributed by atoms with van der Waals surface area (Å²) < 4.78 is 74.1. The van der Waals surface area contributed by atoms with Gasteiger partial charge in [-0.25, -0.2) is 0 Å². The number of alkyl halides is 3. The molecule has 0 radical (unpaired) electrons. The first-order valence-corrected chi connectivity index (χ1v) is 11.9. The summed E-state index contributed by atoms with van der Waals surface area (Å²) >= 11 is 1.30. The van der Waals surface area contributed by atoms with E-state index >= 15 is 0 Å². The molecule has 1 aromatic heterocycles. The van der Waals surface area contributed by atoms with Crippen LogP contribution in [0.2, 0.25) is 0 Å². The van der Waals surface area contributed by atoms with Crippen molar-refractivity contribution >= 4 is 27.4 Å². The van der Waals surface area contributed by atoms with Gasteiger partial charge in [-0.05, 0) is 47.3 Å². The van der Waals surface area contributed by atoms with Crippen LogP contribution in [0.5, 0.6) is 5.75 Å². The van der Waals surface area contributed by atoms with Gasteiger partial charge in [0.15, 0.2) is 0 Å². The standard InChI is InChI=1S/C22H20F3NO5S2/c1-30-11-10-26(21(27)20-9-4-12-32-20)15-16-5-2-7-18(13-16)31-33(28,29)19-8-3-6-17(14-19)22(23,24)25/h2-9,12-14H,10-11,15H2,1H3. The normalized spacial score (nSPS) is 11.9. The molecule has 0 aliphatic carbocycles. The molecule has 3 aromatic rings. The van der Waals surface area contributed by atoms with Crippen molar-refractivity contribution < 1.29 is 35.3 Å². The van der Waals surface area contributed by atoms with Gasteiger partial charge in [-0.1, -0.05) is 24.3 Å². The monoisotopic (exact) mass is 499 g/mol. The lowest BCUT2D eigenvalue weighted by Crippen LogP contribution is -2.33. The maximum Gasteiger partial charge on any atom is 0.416 e. The highest BCUT2D eigenvalue weighted by atomic mass is 32.2. The van der Waals surface area contributed by atoms with E-state index in [1.807, 2.05) is 0 Å². The molecule has 0 bridgehead atoms. The first-order chi connectivity index (χ1) is 15.6. The first kappa shape index (κ1) is 24.7. The maximum absolute atomic E-state index is 12.9. The van der Waals surface area contributed by atoms with Crippen LogP contribution in [0.15, 0.2) is 70.9 Å². The van der Waals surface area contributed by atoms with Crippen molar-refractivity contribution in [3.05, 3.63) is 82.0 Å². The Balaban J connectivity index is 1.80. The summed E-state index contributed by atoms with van der Waals surface area (Å²) in [5.41, 5.74) is -0.519. The van der Waals surface area contributed by atoms with E-state index in [1.54, 1.807) is 28.5 Å². The van der Waals surface area contributed by atoms with Crippen molar-refractivity contribution in [1.82, 2.24) is 4.90 Å². The molecule has 176 valence electrons. The van der Waals surface area contributed by atoms with Crippen molar-refractivity contribution in [3.8, 4) is 5.75 Å². The van der Waals surface area contributed by atoms with E-state index in [-0.39, 0.29) is 18.2 Å². The molecule has 11 heteroatoms. The van der Waals surface area contributed by atoms with Gasteiger partial charge in [-0.2, -0.15) is 21.6 Å². The molecule has 0 fully saturated rings. The van der Waals surface area contributed by atoms with Gasteiger partial charge >= 0.3 is 16.3 Å². The zero-order chi connectivity index (χ0) is 24.1. The van der Waals surface area contributed by atoms with Gasteiger partial charge in [0.2, 0.25) is 0 Å². The third-order valence-corrected chi connectivity index (χ3v) is 6.61. The molecule has 1 heterocycles. The highest BCUT2D eigenvalue weighted by Crippen LogP contribution is 2.31. The Kier molecular flexibility index (Phi) is 7.77. The van der Waals surface area contributed by atoms with Crippen LogP contribution in [0.4, 0.5) is 13.2 Å². The number of thiophene rings is 1. The van der Waals surface area contributed by atoms with E-state index in [9.17, 15) is 26.4 Å². The molecule has 0 N–H and O–H groups in total. The van der Waals surface area contributed by atoms with Crippen LogP contribution in [0, 0.1) is 0 Å². The first-order valence-electron chi connectivity index (χ1n) is 9.62. The predicted octanol–water partition coefficient (Wildman–Crippen LogP) is 4.82. The summed E-state index contributed by atoms with van der Waals surface area (Å²) in [6.45, 7) is 0.763. The second kappa shape index (κ2) is 10.4. The Morgan fingerprint density at radius 3 is 2.48 bits per heavy atom. The number of hydrogen-bond acceptors (Lipinski definition) is 6. The fourth-order valence-electron chi connectivity index (χ4n) is 2.93. The van der Waals surface area contributed by atoms with Gasteiger partial charge in [-0.3, -0.25) is 4.79 Å². The van der Waals surface area contributed by atoms with Crippen LogP contribution in [0.25, 0.3) is 0 Å². The average Bonchev–Trinajstić information content (AvgIpc) is 3.30. The zero-order valence-corrected chi connectivity index (χ0v) is 19.0. The van der Waals surface area contributed by atoms with Crippen molar-refractivity contribution in [2.24, 2.45) is 0 Å². The van der Waals surface area contributed by atoms with Crippen LogP contribution in [0.1, 0.15) is 20.8 Å². The molecule has 1 amide bonds. The van der Waals surface area contributed by atoms with E-state index in [4.69, 9.17) is 8.92 Å². The van der Waals surface area contributed by atoms with Crippen LogP contribution >= 0.6 is 11.3 Å². The quantitative estimate of drug-likeness (QED) is 0.395. The third-order valence-electron chi connectivity index (χ3n) is 4.51. The molecular weight excluding hydrogens is 479 g/mol. The van der Waals surface area contributed by atoms with Gasteiger partial charge in [0, 0.05) is 20.2 Å². The average molecular weight is 500 g/mol. The summed E-state index contributed by atoms with van der Waals surface area (Å²) in [5.74, 6) is -0.287. The molecule has 6 nitrogen and oxygen atoms in total. The number of halogens is 3. The fraction of sp³-hybridized carbons (Fsp3) is 0.227. The molecule has 0 spiro atoms. The maximum atomic E-state index is 12.9. The Hall–Kier alpha value is -2.89. The van der Waals surface area contributed by atoms with E-state index < -0.39 is 26.8 Å². The number of hydrogen-bond donors (Lipinski definition) is 0. The highest BCUT2D eigenvalue weighted by Gasteiger charge is 2.32. The molecule has 0 saturated carbocycles. The summed E-state index contributed by atoms with van der Waals surface area (Å²) in [6.07, 6.45) is -4.69. The Labute approximate surface area is 193 Å². The summed E-state index contributed by atoms with van der Waals surface area (Å²) in [5, 5.41) is 1.79. The highest BCUT2D eigenvalue weighted by molar-refractivity contribution is 7.87. The van der Waals surface area contributed by atoms with Crippen LogP contribution < -0.4 is 4.18 Å². The molecule has 0 atom stereocenters. The second-order valence-corrected chi connectivity index (χ2v) is 9.40. The number of ether oxygens (including phenoxy) is 1. The van der Waals surface area contributed by atoms with Crippen molar-refractivity contribution in [1.29, 1.82) is 0 Å². The Morgan fingerprint density at radius 1 is 1.06 bits per heavy atom. The lowest BCUT2D eigenvalue weighted by Gasteiger charge is -2.22. The second-order valence-electron chi connectivity index (χ2n) is 6.91. The fourth-order valence-corrected chi connectivity index (χ4v) is 4.59. The minimum atomic E-state index is -4.69. The lowest BCUT2D eigenvalue weighted by molar-refractivity contribution is -0.137. The molecular formula is C22H20F3NO5S2. The number of carbonyl (C=O) groups excluding carboxylic acids is 1. The van der Waals surface area contributed by atoms with Crippen molar-refractivity contribution in [2.75, 3.05) is 20.3 Å². The topological polar surface area (TPSA) is 72.9 Å². The Morgan fingerprint density at radius 2 is 1.82 bits per heavy atom. The number of rotatable bonds is 9. The van der Waals surface area contributed by atoms with Crippen molar-refractivity contribution in [2.45, 2.75) is 17.6 Å². The number of amides is 1. The van der Waals surface area contributed by atoms with Gasteiger partial charge < -0.3 is 13.8 Å². The van der Waals surface area contributed by atoms with Gasteiger partial charge in [0.25, 0.3) is 5.91 Å². The van der Waals surface area contributed by atoms with Crippen LogP contribution in [0.3, 0.4) is 0 Å². The smallest absolute Gasteiger partial charge is 0.383 e. The number of nitrogens with zero attached hydrogens (tertiary/aromatic N) is 1. The molecule has 2 aromatic carbocycles. The molecule has 0 unspecified atom stereocenters. The van der Waals surface area contributed by atoms with Crippen LogP contribution in [-0.2, 0) is 27.6 Å². The molecule has 0 saturated heterocycles. The zero-order valence-electron chi connectivity index (χ0n) is 17.4. The number of methoxy groups -OCH3 is 1. The van der Waals surface area contributed by atoms with E-state index in [0.717, 1.165) is 18.2 Å². The SMILES string of the molecule is COCCN(Cc1cccc(OS(=O)(=O)c2cccc(C(F)(F)F)c2)c1)C(=O)c1cccs1. The molecule has 33 heavy (non-hydrogen) atoms. The number of benzene rings is 2. The number of carbonyl (C=O) groups is 1. The van der Waals surface area contributed by atoms with E-state index in [1.165, 1.54) is 36.6 Å². The Bertz CT molecular complexity index is 1190. The van der Waals surface area contributed by atoms with Crippen molar-refractivity contribution in [3.63, 3.8) is 0 Å². The van der Waals surface area contributed by atoms with E-state index in [2.05, 4.69) is 0 Å². The minimum absolute atomic E-state index is 0.0832. The van der Waals surface area contributed by atoms with Gasteiger partial charge in [0.1, 0.15) is 10.6 Å². The third kappa shape index (κ3) is 6.56. The van der Waals surface area contributed by atoms with Gasteiger partial charge in [-0.15, -0.1) is 11.3 Å². The van der Waals surface area contributed by atoms with Gasteiger partial charge in [0.05, 0.1) is 17.0 Å². The molecule has 0 aliphatic heterocycles. The van der Waals surface area contributed by atoms with Crippen LogP contribution in [-0.4, -0.2) is 39.5 Å². The predicted molar refractivity (Wildman–Crippen MR) is 117 cm³/mol. The van der Waals surface area contributed by atoms with E-state index in [0.29, 0.717) is 29.7 Å². The summed E-state index contributed by atoms with van der Waals surface area (Å²) in [4.78, 5) is 14.3. The summed E-state index contributed by atoms with van der Waals surface area (Å²) in [7, 11) is -2.99. The molecule has 3 rings (SSSR count). The largest absolute Gasteiger partial charge is 0.416 e.